The smallest absolute Gasteiger partial charge is 0.290 e. The van der Waals surface area contributed by atoms with Gasteiger partial charge in [-0.15, -0.1) is 0 Å². The lowest BCUT2D eigenvalue weighted by Gasteiger charge is -2.27. The number of carbonyl (C=O) groups is 2. The van der Waals surface area contributed by atoms with Crippen molar-refractivity contribution in [3.05, 3.63) is 105 Å². The highest BCUT2D eigenvalue weighted by molar-refractivity contribution is 6.31. The number of hydrogen-bond donors (Lipinski definition) is 1. The first-order valence-corrected chi connectivity index (χ1v) is 11.7. The fourth-order valence-electron chi connectivity index (χ4n) is 4.58. The first kappa shape index (κ1) is 23.6. The second-order valence-electron chi connectivity index (χ2n) is 8.77. The fraction of sp³-hybridized carbons (Fsp3) is 0.179. The van der Waals surface area contributed by atoms with Crippen LogP contribution in [-0.2, 0) is 11.3 Å². The van der Waals surface area contributed by atoms with Crippen LogP contribution in [0.4, 0.5) is 0 Å². The van der Waals surface area contributed by atoms with Crippen LogP contribution in [0.5, 0.6) is 5.75 Å². The van der Waals surface area contributed by atoms with Gasteiger partial charge in [-0.25, -0.2) is 0 Å². The molecule has 1 aliphatic heterocycles. The zero-order valence-electron chi connectivity index (χ0n) is 19.9. The standard InChI is InChI=1S/C28H23ClN2O5/c1-15-4-5-16(2)19(10-15)14-31-24(17-6-8-30-9-7-17)23(26(33)28(31)34)25(32)21-12-18-11-20(29)13-22(35-3)27(18)36-21/h4-13,24,33H,14H2,1-3H3. The molecule has 0 spiro atoms. The van der Waals surface area contributed by atoms with Gasteiger partial charge in [0.05, 0.1) is 18.7 Å². The average molecular weight is 503 g/mol. The number of furan rings is 1. The number of aliphatic hydroxyl groups excluding tert-OH is 1. The molecule has 0 fully saturated rings. The van der Waals surface area contributed by atoms with E-state index in [0.29, 0.717) is 27.3 Å². The second kappa shape index (κ2) is 9.17. The predicted octanol–water partition coefficient (Wildman–Crippen LogP) is 5.89. The van der Waals surface area contributed by atoms with Crippen LogP contribution in [0.2, 0.25) is 5.02 Å². The Morgan fingerprint density at radius 2 is 1.89 bits per heavy atom. The number of amides is 1. The van der Waals surface area contributed by atoms with Crippen molar-refractivity contribution in [2.75, 3.05) is 7.11 Å². The first-order valence-electron chi connectivity index (χ1n) is 11.3. The van der Waals surface area contributed by atoms with Crippen LogP contribution >= 0.6 is 11.6 Å². The van der Waals surface area contributed by atoms with Crippen molar-refractivity contribution in [3.63, 3.8) is 0 Å². The van der Waals surface area contributed by atoms with Crippen LogP contribution in [-0.4, -0.2) is 33.8 Å². The van der Waals surface area contributed by atoms with E-state index in [4.69, 9.17) is 20.8 Å². The second-order valence-corrected chi connectivity index (χ2v) is 9.21. The Morgan fingerprint density at radius 3 is 2.61 bits per heavy atom. The number of aromatic nitrogens is 1. The summed E-state index contributed by atoms with van der Waals surface area (Å²) in [6.07, 6.45) is 3.17. The van der Waals surface area contributed by atoms with Gasteiger partial charge in [-0.05, 0) is 54.8 Å². The number of hydrogen-bond acceptors (Lipinski definition) is 6. The summed E-state index contributed by atoms with van der Waals surface area (Å²) in [7, 11) is 1.48. The molecule has 0 aliphatic carbocycles. The van der Waals surface area contributed by atoms with Crippen molar-refractivity contribution in [2.24, 2.45) is 0 Å². The fourth-order valence-corrected chi connectivity index (χ4v) is 4.79. The van der Waals surface area contributed by atoms with Gasteiger partial charge in [-0.2, -0.15) is 0 Å². The molecule has 182 valence electrons. The summed E-state index contributed by atoms with van der Waals surface area (Å²) in [6, 6.07) is 13.4. The monoisotopic (exact) mass is 502 g/mol. The molecule has 1 unspecified atom stereocenters. The molecule has 2 aromatic carbocycles. The Morgan fingerprint density at radius 1 is 1.14 bits per heavy atom. The number of benzene rings is 2. The molecule has 3 heterocycles. The third-order valence-electron chi connectivity index (χ3n) is 6.41. The van der Waals surface area contributed by atoms with Crippen LogP contribution in [0.25, 0.3) is 11.0 Å². The third-order valence-corrected chi connectivity index (χ3v) is 6.62. The van der Waals surface area contributed by atoms with Gasteiger partial charge in [0.15, 0.2) is 22.9 Å². The number of fused-ring (bicyclic) bond motifs is 1. The number of carbonyl (C=O) groups excluding carboxylic acids is 2. The minimum absolute atomic E-state index is 0.0347. The number of pyridine rings is 1. The quantitative estimate of drug-likeness (QED) is 0.331. The largest absolute Gasteiger partial charge is 0.503 e. The number of ether oxygens (including phenoxy) is 1. The van der Waals surface area contributed by atoms with Gasteiger partial charge >= 0.3 is 0 Å². The first-order chi connectivity index (χ1) is 17.3. The van der Waals surface area contributed by atoms with Gasteiger partial charge in [0.1, 0.15) is 0 Å². The molecule has 0 saturated heterocycles. The Hall–Kier alpha value is -4.10. The van der Waals surface area contributed by atoms with Crippen molar-refractivity contribution in [2.45, 2.75) is 26.4 Å². The highest BCUT2D eigenvalue weighted by Gasteiger charge is 2.44. The third kappa shape index (κ3) is 4.01. The number of Topliss-reactive ketones (excluding diaryl/α,β-unsaturated/α-hetero) is 1. The lowest BCUT2D eigenvalue weighted by atomic mass is 9.95. The Balaban J connectivity index is 1.61. The van der Waals surface area contributed by atoms with E-state index in [1.165, 1.54) is 18.1 Å². The van der Waals surface area contributed by atoms with E-state index in [1.54, 1.807) is 36.7 Å². The molecule has 1 atom stereocenters. The summed E-state index contributed by atoms with van der Waals surface area (Å²) < 4.78 is 11.2. The molecule has 0 bridgehead atoms. The summed E-state index contributed by atoms with van der Waals surface area (Å²) in [5, 5.41) is 12.0. The summed E-state index contributed by atoms with van der Waals surface area (Å²) in [5.41, 5.74) is 3.91. The van der Waals surface area contributed by atoms with Gasteiger partial charge < -0.3 is 19.2 Å². The zero-order valence-corrected chi connectivity index (χ0v) is 20.7. The number of methoxy groups -OCH3 is 1. The minimum Gasteiger partial charge on any atom is -0.503 e. The maximum atomic E-state index is 13.8. The van der Waals surface area contributed by atoms with E-state index < -0.39 is 23.5 Å². The summed E-state index contributed by atoms with van der Waals surface area (Å²) in [5.74, 6) is -1.48. The van der Waals surface area contributed by atoms with Gasteiger partial charge in [0, 0.05) is 35.4 Å². The summed E-state index contributed by atoms with van der Waals surface area (Å²) in [6.45, 7) is 4.15. The Bertz CT molecular complexity index is 1540. The van der Waals surface area contributed by atoms with E-state index in [-0.39, 0.29) is 17.9 Å². The molecule has 4 aromatic rings. The van der Waals surface area contributed by atoms with Crippen LogP contribution in [0, 0.1) is 13.8 Å². The van der Waals surface area contributed by atoms with E-state index in [2.05, 4.69) is 4.98 Å². The van der Waals surface area contributed by atoms with E-state index >= 15 is 0 Å². The lowest BCUT2D eigenvalue weighted by Crippen LogP contribution is -2.31. The number of ketones is 1. The molecule has 1 amide bonds. The average Bonchev–Trinajstić information content (AvgIpc) is 3.40. The number of halogens is 1. The topological polar surface area (TPSA) is 92.9 Å². The van der Waals surface area contributed by atoms with E-state index in [0.717, 1.165) is 16.7 Å². The molecule has 8 heteroatoms. The number of aliphatic hydroxyl groups is 1. The molecule has 7 nitrogen and oxygen atoms in total. The maximum Gasteiger partial charge on any atom is 0.290 e. The number of aryl methyl sites for hydroxylation is 2. The normalized spacial score (nSPS) is 15.7. The van der Waals surface area contributed by atoms with Gasteiger partial charge in [0.25, 0.3) is 5.91 Å². The molecular formula is C28H23ClN2O5. The minimum atomic E-state index is -0.827. The van der Waals surface area contributed by atoms with Gasteiger partial charge in [0.2, 0.25) is 5.78 Å². The van der Waals surface area contributed by atoms with Crippen LogP contribution < -0.4 is 4.74 Å². The number of rotatable bonds is 6. The van der Waals surface area contributed by atoms with E-state index in [9.17, 15) is 14.7 Å². The van der Waals surface area contributed by atoms with Crippen molar-refractivity contribution in [1.82, 2.24) is 9.88 Å². The highest BCUT2D eigenvalue weighted by Crippen LogP contribution is 2.41. The number of nitrogens with zero attached hydrogens (tertiary/aromatic N) is 2. The lowest BCUT2D eigenvalue weighted by molar-refractivity contribution is -0.130. The van der Waals surface area contributed by atoms with Crippen molar-refractivity contribution in [1.29, 1.82) is 0 Å². The summed E-state index contributed by atoms with van der Waals surface area (Å²) >= 11 is 6.17. The molecular weight excluding hydrogens is 480 g/mol. The van der Waals surface area contributed by atoms with Crippen LogP contribution in [0.1, 0.15) is 38.9 Å². The molecule has 2 aromatic heterocycles. The highest BCUT2D eigenvalue weighted by atomic mass is 35.5. The maximum absolute atomic E-state index is 13.8. The molecule has 5 rings (SSSR count). The van der Waals surface area contributed by atoms with Crippen molar-refractivity contribution in [3.8, 4) is 5.75 Å². The SMILES string of the molecule is COc1cc(Cl)cc2cc(C(=O)C3=C(O)C(=O)N(Cc4cc(C)ccc4C)C3c3ccncc3)oc12. The Labute approximate surface area is 212 Å². The summed E-state index contributed by atoms with van der Waals surface area (Å²) in [4.78, 5) is 32.7. The van der Waals surface area contributed by atoms with E-state index in [1.807, 2.05) is 32.0 Å². The van der Waals surface area contributed by atoms with Gasteiger partial charge in [-0.3, -0.25) is 14.6 Å². The molecule has 0 radical (unpaired) electrons. The molecule has 36 heavy (non-hydrogen) atoms. The van der Waals surface area contributed by atoms with Crippen LogP contribution in [0.3, 0.4) is 0 Å². The van der Waals surface area contributed by atoms with Gasteiger partial charge in [-0.1, -0.05) is 35.4 Å². The zero-order chi connectivity index (χ0) is 25.6. The predicted molar refractivity (Wildman–Crippen MR) is 135 cm³/mol. The van der Waals surface area contributed by atoms with Crippen molar-refractivity contribution < 1.29 is 23.8 Å². The molecule has 1 N–H and O–H groups in total. The van der Waals surface area contributed by atoms with Crippen LogP contribution in [0.15, 0.2) is 76.7 Å². The molecule has 0 saturated carbocycles. The van der Waals surface area contributed by atoms with Crippen molar-refractivity contribution >= 4 is 34.3 Å². The Kier molecular flexibility index (Phi) is 6.02. The molecule has 1 aliphatic rings.